The van der Waals surface area contributed by atoms with Gasteiger partial charge in [-0.15, -0.1) is 0 Å². The van der Waals surface area contributed by atoms with Crippen LogP contribution < -0.4 is 5.32 Å². The summed E-state index contributed by atoms with van der Waals surface area (Å²) in [4.78, 5) is 12.5. The number of hydrogen-bond acceptors (Lipinski definition) is 4. The molecule has 0 bridgehead atoms. The van der Waals surface area contributed by atoms with Crippen LogP contribution in [-0.4, -0.2) is 46.1 Å². The van der Waals surface area contributed by atoms with Crippen LogP contribution in [-0.2, 0) is 4.79 Å². The number of hydrogen-bond donors (Lipinski definition) is 4. The first-order chi connectivity index (χ1) is 27.6. The van der Waals surface area contributed by atoms with Gasteiger partial charge in [-0.05, 0) is 19.3 Å². The normalized spacial score (nSPS) is 13.4. The van der Waals surface area contributed by atoms with Gasteiger partial charge in [0.05, 0.1) is 18.8 Å². The van der Waals surface area contributed by atoms with E-state index in [-0.39, 0.29) is 6.61 Å². The maximum absolute atomic E-state index is 12.5. The Hall–Kier alpha value is -0.910. The minimum Gasteiger partial charge on any atom is -0.394 e. The van der Waals surface area contributed by atoms with Crippen molar-refractivity contribution in [1.29, 1.82) is 0 Å². The summed E-state index contributed by atoms with van der Waals surface area (Å²) < 4.78 is 0. The van der Waals surface area contributed by atoms with Crippen LogP contribution in [0.2, 0.25) is 0 Å². The van der Waals surface area contributed by atoms with Crippen molar-refractivity contribution in [2.45, 2.75) is 302 Å². The molecule has 0 radical (unpaired) electrons. The highest BCUT2D eigenvalue weighted by Crippen LogP contribution is 2.17. The molecular formula is C51H101NO4. The number of unbranched alkanes of at least 4 members (excludes halogenated alkanes) is 39. The predicted molar refractivity (Wildman–Crippen MR) is 245 cm³/mol. The van der Waals surface area contributed by atoms with Gasteiger partial charge in [0.2, 0.25) is 5.91 Å². The molecule has 3 unspecified atom stereocenters. The number of carbonyl (C=O) groups is 1. The Labute approximate surface area is 350 Å². The van der Waals surface area contributed by atoms with E-state index >= 15 is 0 Å². The molecule has 0 aliphatic carbocycles. The van der Waals surface area contributed by atoms with E-state index in [1.807, 2.05) is 6.08 Å². The summed E-state index contributed by atoms with van der Waals surface area (Å²) in [6, 6.07) is -0.793. The third-order valence-electron chi connectivity index (χ3n) is 12.1. The van der Waals surface area contributed by atoms with Gasteiger partial charge in [-0.1, -0.05) is 276 Å². The van der Waals surface area contributed by atoms with E-state index in [0.717, 1.165) is 32.1 Å². The van der Waals surface area contributed by atoms with Gasteiger partial charge in [-0.2, -0.15) is 0 Å². The molecule has 0 heterocycles. The standard InChI is InChI=1S/C51H101NO4/c1-3-5-7-9-11-13-15-17-19-21-23-25-26-28-29-31-33-35-37-39-41-43-45-49(54)48(47-53)52-51(56)50(55)46-44-42-40-38-36-34-32-30-27-24-22-20-18-16-14-12-10-8-6-4-2/h43,45,48-50,53-55H,3-42,44,46-47H2,1-2H3,(H,52,56)/b45-43+. The number of nitrogens with one attached hydrogen (secondary N) is 1. The van der Waals surface area contributed by atoms with Gasteiger partial charge in [0.25, 0.3) is 0 Å². The first kappa shape index (κ1) is 55.1. The number of rotatable bonds is 47. The first-order valence-corrected chi connectivity index (χ1v) is 25.5. The zero-order valence-electron chi connectivity index (χ0n) is 38.0. The number of aliphatic hydroxyl groups excluding tert-OH is 3. The van der Waals surface area contributed by atoms with Gasteiger partial charge in [0.1, 0.15) is 6.10 Å². The quantitative estimate of drug-likeness (QED) is 0.0365. The maximum Gasteiger partial charge on any atom is 0.249 e. The molecule has 0 fully saturated rings. The Morgan fingerprint density at radius 3 is 0.982 bits per heavy atom. The van der Waals surface area contributed by atoms with E-state index in [0.29, 0.717) is 6.42 Å². The molecule has 3 atom stereocenters. The van der Waals surface area contributed by atoms with Crippen LogP contribution in [0, 0.1) is 0 Å². The van der Waals surface area contributed by atoms with Crippen LogP contribution >= 0.6 is 0 Å². The van der Waals surface area contributed by atoms with Crippen molar-refractivity contribution in [3.05, 3.63) is 12.2 Å². The highest BCUT2D eigenvalue weighted by atomic mass is 16.3. The fourth-order valence-corrected chi connectivity index (χ4v) is 8.13. The minimum absolute atomic E-state index is 0.359. The molecular weight excluding hydrogens is 691 g/mol. The van der Waals surface area contributed by atoms with Crippen LogP contribution in [0.4, 0.5) is 0 Å². The zero-order valence-corrected chi connectivity index (χ0v) is 38.0. The zero-order chi connectivity index (χ0) is 40.8. The molecule has 4 N–H and O–H groups in total. The van der Waals surface area contributed by atoms with Crippen LogP contribution in [0.3, 0.4) is 0 Å². The van der Waals surface area contributed by atoms with Crippen molar-refractivity contribution in [3.8, 4) is 0 Å². The van der Waals surface area contributed by atoms with Gasteiger partial charge in [0, 0.05) is 0 Å². The summed E-state index contributed by atoms with van der Waals surface area (Å²) >= 11 is 0. The number of aliphatic hydroxyl groups is 3. The SMILES string of the molecule is CCCCCCCCCCCCCCCCCCCCCC/C=C/C(O)C(CO)NC(=O)C(O)CCCCCCCCCCCCCCCCCCCCCC. The molecule has 56 heavy (non-hydrogen) atoms. The van der Waals surface area contributed by atoms with Gasteiger partial charge in [-0.25, -0.2) is 0 Å². The van der Waals surface area contributed by atoms with Crippen molar-refractivity contribution in [2.24, 2.45) is 0 Å². The third-order valence-corrected chi connectivity index (χ3v) is 12.1. The first-order valence-electron chi connectivity index (χ1n) is 25.5. The summed E-state index contributed by atoms with van der Waals surface area (Å²) in [5.41, 5.74) is 0. The summed E-state index contributed by atoms with van der Waals surface area (Å²) in [5.74, 6) is -0.497. The molecule has 1 amide bonds. The third kappa shape index (κ3) is 41.3. The molecule has 0 aromatic heterocycles. The molecule has 0 aliphatic rings. The highest BCUT2D eigenvalue weighted by Gasteiger charge is 2.22. The van der Waals surface area contributed by atoms with Gasteiger partial charge in [0.15, 0.2) is 0 Å². The minimum atomic E-state index is -1.09. The lowest BCUT2D eigenvalue weighted by Gasteiger charge is -2.21. The molecule has 0 saturated heterocycles. The van der Waals surface area contributed by atoms with Crippen LogP contribution in [0.5, 0.6) is 0 Å². The Bertz CT molecular complexity index is 788. The Balaban J connectivity index is 3.58. The predicted octanol–water partition coefficient (Wildman–Crippen LogP) is 15.2. The van der Waals surface area contributed by atoms with Crippen molar-refractivity contribution >= 4 is 5.91 Å². The second kappa shape index (κ2) is 46.8. The molecule has 0 aliphatic heterocycles. The van der Waals surface area contributed by atoms with E-state index < -0.39 is 24.2 Å². The summed E-state index contributed by atoms with van der Waals surface area (Å²) in [7, 11) is 0. The van der Waals surface area contributed by atoms with E-state index in [1.54, 1.807) is 6.08 Å². The molecule has 0 aromatic rings. The van der Waals surface area contributed by atoms with E-state index in [1.165, 1.54) is 231 Å². The maximum atomic E-state index is 12.5. The van der Waals surface area contributed by atoms with Crippen LogP contribution in [0.15, 0.2) is 12.2 Å². The molecule has 0 aromatic carbocycles. The molecule has 0 rings (SSSR count). The van der Waals surface area contributed by atoms with Crippen molar-refractivity contribution in [2.75, 3.05) is 6.61 Å². The van der Waals surface area contributed by atoms with Crippen molar-refractivity contribution in [1.82, 2.24) is 5.32 Å². The lowest BCUT2D eigenvalue weighted by molar-refractivity contribution is -0.131. The lowest BCUT2D eigenvalue weighted by Crippen LogP contribution is -2.48. The van der Waals surface area contributed by atoms with Crippen LogP contribution in [0.25, 0.3) is 0 Å². The summed E-state index contributed by atoms with van der Waals surface area (Å²) in [6.45, 7) is 4.22. The largest absolute Gasteiger partial charge is 0.394 e. The average Bonchev–Trinajstić information content (AvgIpc) is 3.20. The van der Waals surface area contributed by atoms with E-state index in [4.69, 9.17) is 0 Å². The summed E-state index contributed by atoms with van der Waals surface area (Å²) in [6.07, 6.45) is 56.9. The fraction of sp³-hybridized carbons (Fsp3) is 0.941. The highest BCUT2D eigenvalue weighted by molar-refractivity contribution is 5.80. The molecule has 334 valence electrons. The van der Waals surface area contributed by atoms with Gasteiger partial charge >= 0.3 is 0 Å². The molecule has 0 saturated carbocycles. The monoisotopic (exact) mass is 792 g/mol. The summed E-state index contributed by atoms with van der Waals surface area (Å²) in [5, 5.41) is 33.3. The topological polar surface area (TPSA) is 89.8 Å². The van der Waals surface area contributed by atoms with Crippen LogP contribution in [0.1, 0.15) is 284 Å². The molecule has 0 spiro atoms. The average molecular weight is 792 g/mol. The fourth-order valence-electron chi connectivity index (χ4n) is 8.13. The van der Waals surface area contributed by atoms with Gasteiger partial charge in [-0.3, -0.25) is 4.79 Å². The Morgan fingerprint density at radius 1 is 0.429 bits per heavy atom. The smallest absolute Gasteiger partial charge is 0.249 e. The van der Waals surface area contributed by atoms with Crippen molar-refractivity contribution in [3.63, 3.8) is 0 Å². The molecule has 5 heteroatoms. The second-order valence-electron chi connectivity index (χ2n) is 17.7. The molecule has 5 nitrogen and oxygen atoms in total. The Kier molecular flexibility index (Phi) is 46.0. The number of carbonyl (C=O) groups excluding carboxylic acids is 1. The Morgan fingerprint density at radius 2 is 0.696 bits per heavy atom. The van der Waals surface area contributed by atoms with Crippen molar-refractivity contribution < 1.29 is 20.1 Å². The number of amides is 1. The van der Waals surface area contributed by atoms with E-state index in [2.05, 4.69) is 19.2 Å². The second-order valence-corrected chi connectivity index (χ2v) is 17.7. The van der Waals surface area contributed by atoms with E-state index in [9.17, 15) is 20.1 Å². The van der Waals surface area contributed by atoms with Gasteiger partial charge < -0.3 is 20.6 Å². The number of allylic oxidation sites excluding steroid dienone is 1. The lowest BCUT2D eigenvalue weighted by atomic mass is 10.0.